The van der Waals surface area contributed by atoms with Gasteiger partial charge >= 0.3 is 0 Å². The molecule has 0 unspecified atom stereocenters. The summed E-state index contributed by atoms with van der Waals surface area (Å²) in [6.07, 6.45) is 0. The van der Waals surface area contributed by atoms with E-state index in [0.717, 1.165) is 5.56 Å². The third-order valence-electron chi connectivity index (χ3n) is 2.84. The van der Waals surface area contributed by atoms with Crippen molar-refractivity contribution < 1.29 is 9.53 Å². The molecule has 1 aromatic carbocycles. The van der Waals surface area contributed by atoms with E-state index in [4.69, 9.17) is 10.5 Å². The summed E-state index contributed by atoms with van der Waals surface area (Å²) in [5, 5.41) is 4.01. The first kappa shape index (κ1) is 13.4. The zero-order valence-electron chi connectivity index (χ0n) is 10.9. The van der Waals surface area contributed by atoms with Crippen LogP contribution in [0.25, 0.3) is 0 Å². The van der Waals surface area contributed by atoms with Gasteiger partial charge in [-0.05, 0) is 34.5 Å². The molecule has 4 nitrogen and oxygen atoms in total. The number of hydrogen-bond donors (Lipinski definition) is 1. The zero-order chi connectivity index (χ0) is 13.8. The van der Waals surface area contributed by atoms with Gasteiger partial charge in [-0.2, -0.15) is 11.3 Å². The smallest absolute Gasteiger partial charge is 0.259 e. The number of nitrogen functional groups attached to an aromatic ring is 1. The summed E-state index contributed by atoms with van der Waals surface area (Å²) in [5.41, 5.74) is 7.84. The number of benzene rings is 1. The van der Waals surface area contributed by atoms with Crippen LogP contribution in [0.15, 0.2) is 35.0 Å². The Bertz CT molecular complexity index is 567. The van der Waals surface area contributed by atoms with Crippen LogP contribution in [0.4, 0.5) is 5.69 Å². The Balaban J connectivity index is 2.24. The van der Waals surface area contributed by atoms with Gasteiger partial charge in [0.1, 0.15) is 11.3 Å². The number of ether oxygens (including phenoxy) is 1. The average Bonchev–Trinajstić information content (AvgIpc) is 2.90. The Morgan fingerprint density at radius 2 is 2.21 bits per heavy atom. The maximum atomic E-state index is 12.4. The Hall–Kier alpha value is -2.01. The van der Waals surface area contributed by atoms with Crippen LogP contribution in [-0.2, 0) is 6.54 Å². The molecule has 5 heteroatoms. The van der Waals surface area contributed by atoms with Crippen LogP contribution in [0.2, 0.25) is 0 Å². The van der Waals surface area contributed by atoms with Crippen LogP contribution in [0, 0.1) is 0 Å². The van der Waals surface area contributed by atoms with E-state index in [1.165, 1.54) is 7.11 Å². The first-order chi connectivity index (χ1) is 9.13. The molecule has 0 aliphatic carbocycles. The Kier molecular flexibility index (Phi) is 4.06. The molecule has 2 aromatic rings. The maximum absolute atomic E-state index is 12.4. The molecule has 0 atom stereocenters. The van der Waals surface area contributed by atoms with Crippen LogP contribution in [0.1, 0.15) is 15.9 Å². The Morgan fingerprint density at radius 3 is 2.84 bits per heavy atom. The highest BCUT2D eigenvalue weighted by Gasteiger charge is 2.19. The predicted octanol–water partition coefficient (Wildman–Crippen LogP) is 2.61. The van der Waals surface area contributed by atoms with E-state index in [0.29, 0.717) is 23.5 Å². The van der Waals surface area contributed by atoms with Crippen LogP contribution < -0.4 is 10.5 Å². The first-order valence-electron chi connectivity index (χ1n) is 5.82. The highest BCUT2D eigenvalue weighted by molar-refractivity contribution is 7.07. The normalized spacial score (nSPS) is 10.2. The highest BCUT2D eigenvalue weighted by Crippen LogP contribution is 2.26. The van der Waals surface area contributed by atoms with Crippen molar-refractivity contribution in [3.8, 4) is 5.75 Å². The van der Waals surface area contributed by atoms with Crippen LogP contribution >= 0.6 is 11.3 Å². The van der Waals surface area contributed by atoms with Crippen molar-refractivity contribution in [2.24, 2.45) is 0 Å². The largest absolute Gasteiger partial charge is 0.496 e. The molecule has 100 valence electrons. The number of carbonyl (C=O) groups excluding carboxylic acids is 1. The van der Waals surface area contributed by atoms with Gasteiger partial charge in [0.15, 0.2) is 0 Å². The zero-order valence-corrected chi connectivity index (χ0v) is 11.7. The summed E-state index contributed by atoms with van der Waals surface area (Å²) in [6, 6.07) is 7.21. The van der Waals surface area contributed by atoms with Gasteiger partial charge in [-0.15, -0.1) is 0 Å². The van der Waals surface area contributed by atoms with Gasteiger partial charge < -0.3 is 15.4 Å². The lowest BCUT2D eigenvalue weighted by atomic mass is 10.1. The van der Waals surface area contributed by atoms with E-state index in [1.54, 1.807) is 41.5 Å². The number of methoxy groups -OCH3 is 1. The monoisotopic (exact) mass is 276 g/mol. The van der Waals surface area contributed by atoms with Crippen LogP contribution in [0.5, 0.6) is 5.75 Å². The van der Waals surface area contributed by atoms with Crippen LogP contribution in [-0.4, -0.2) is 25.0 Å². The maximum Gasteiger partial charge on any atom is 0.259 e. The fourth-order valence-corrected chi connectivity index (χ4v) is 2.53. The van der Waals surface area contributed by atoms with E-state index < -0.39 is 0 Å². The molecule has 0 fully saturated rings. The van der Waals surface area contributed by atoms with Gasteiger partial charge in [0.05, 0.1) is 7.11 Å². The predicted molar refractivity (Wildman–Crippen MR) is 77.5 cm³/mol. The van der Waals surface area contributed by atoms with Crippen molar-refractivity contribution in [1.29, 1.82) is 0 Å². The van der Waals surface area contributed by atoms with Gasteiger partial charge in [0.25, 0.3) is 5.91 Å². The molecule has 0 spiro atoms. The molecule has 0 aliphatic heterocycles. The number of anilines is 1. The fourth-order valence-electron chi connectivity index (χ4n) is 1.87. The lowest BCUT2D eigenvalue weighted by Crippen LogP contribution is -2.27. The van der Waals surface area contributed by atoms with Gasteiger partial charge in [0, 0.05) is 19.3 Å². The van der Waals surface area contributed by atoms with Crippen molar-refractivity contribution in [3.05, 3.63) is 46.2 Å². The van der Waals surface area contributed by atoms with Crippen molar-refractivity contribution in [2.75, 3.05) is 19.9 Å². The van der Waals surface area contributed by atoms with Crippen molar-refractivity contribution in [2.45, 2.75) is 6.54 Å². The summed E-state index contributed by atoms with van der Waals surface area (Å²) in [5.74, 6) is 0.364. The van der Waals surface area contributed by atoms with Crippen molar-refractivity contribution in [3.63, 3.8) is 0 Å². The number of amides is 1. The first-order valence-corrected chi connectivity index (χ1v) is 6.76. The third-order valence-corrected chi connectivity index (χ3v) is 3.57. The summed E-state index contributed by atoms with van der Waals surface area (Å²) < 4.78 is 5.21. The Morgan fingerprint density at radius 1 is 1.42 bits per heavy atom. The van der Waals surface area contributed by atoms with Crippen molar-refractivity contribution in [1.82, 2.24) is 4.90 Å². The number of nitrogens with zero attached hydrogens (tertiary/aromatic N) is 1. The summed E-state index contributed by atoms with van der Waals surface area (Å²) in [6.45, 7) is 0.555. The van der Waals surface area contributed by atoms with E-state index in [2.05, 4.69) is 0 Å². The molecule has 0 bridgehead atoms. The molecule has 19 heavy (non-hydrogen) atoms. The highest BCUT2D eigenvalue weighted by atomic mass is 32.1. The third kappa shape index (κ3) is 2.88. The summed E-state index contributed by atoms with van der Waals surface area (Å²) >= 11 is 1.61. The molecule has 1 aromatic heterocycles. The number of hydrogen-bond acceptors (Lipinski definition) is 4. The molecule has 0 aliphatic rings. The molecule has 1 amide bonds. The quantitative estimate of drug-likeness (QED) is 0.873. The molecule has 0 saturated carbocycles. The van der Waals surface area contributed by atoms with Gasteiger partial charge in [-0.1, -0.05) is 6.07 Å². The fraction of sp³-hybridized carbons (Fsp3) is 0.214. The van der Waals surface area contributed by atoms with E-state index in [9.17, 15) is 4.79 Å². The summed E-state index contributed by atoms with van der Waals surface area (Å²) in [7, 11) is 3.29. The minimum Gasteiger partial charge on any atom is -0.496 e. The lowest BCUT2D eigenvalue weighted by Gasteiger charge is -2.19. The SMILES string of the molecule is COc1cccc(N)c1C(=O)N(C)Cc1ccsc1. The average molecular weight is 276 g/mol. The number of rotatable bonds is 4. The molecule has 2 rings (SSSR count). The van der Waals surface area contributed by atoms with E-state index >= 15 is 0 Å². The molecule has 1 heterocycles. The number of carbonyl (C=O) groups is 1. The molecular weight excluding hydrogens is 260 g/mol. The van der Waals surface area contributed by atoms with Gasteiger partial charge in [-0.25, -0.2) is 0 Å². The van der Waals surface area contributed by atoms with Crippen molar-refractivity contribution >= 4 is 22.9 Å². The molecule has 0 saturated heterocycles. The summed E-state index contributed by atoms with van der Waals surface area (Å²) in [4.78, 5) is 14.1. The molecular formula is C14H16N2O2S. The van der Waals surface area contributed by atoms with Crippen LogP contribution in [0.3, 0.4) is 0 Å². The second-order valence-corrected chi connectivity index (χ2v) is 5.00. The van der Waals surface area contributed by atoms with E-state index in [-0.39, 0.29) is 5.91 Å². The lowest BCUT2D eigenvalue weighted by molar-refractivity contribution is 0.0783. The number of nitrogens with two attached hydrogens (primary N) is 1. The second-order valence-electron chi connectivity index (χ2n) is 4.22. The van der Waals surface area contributed by atoms with Gasteiger partial charge in [0.2, 0.25) is 0 Å². The molecule has 0 radical (unpaired) electrons. The Labute approximate surface area is 116 Å². The van der Waals surface area contributed by atoms with Gasteiger partial charge in [-0.3, -0.25) is 4.79 Å². The minimum absolute atomic E-state index is 0.138. The van der Waals surface area contributed by atoms with E-state index in [1.807, 2.05) is 16.8 Å². The number of thiophene rings is 1. The topological polar surface area (TPSA) is 55.6 Å². The molecule has 2 N–H and O–H groups in total. The second kappa shape index (κ2) is 5.75. The minimum atomic E-state index is -0.138. The standard InChI is InChI=1S/C14H16N2O2S/c1-16(8-10-6-7-19-9-10)14(17)13-11(15)4-3-5-12(13)18-2/h3-7,9H,8,15H2,1-2H3.